The number of H-pyrrole nitrogens is 1. The Morgan fingerprint density at radius 2 is 1.91 bits per heavy atom. The summed E-state index contributed by atoms with van der Waals surface area (Å²) in [7, 11) is 0. The molecule has 35 heavy (non-hydrogen) atoms. The lowest BCUT2D eigenvalue weighted by atomic mass is 9.83. The third-order valence-corrected chi connectivity index (χ3v) is 6.32. The number of rotatable bonds is 8. The molecule has 3 heterocycles. The molecule has 0 saturated carbocycles. The first kappa shape index (κ1) is 23.1. The lowest BCUT2D eigenvalue weighted by Crippen LogP contribution is -2.30. The van der Waals surface area contributed by atoms with Gasteiger partial charge in [0.05, 0.1) is 23.0 Å². The van der Waals surface area contributed by atoms with Crippen LogP contribution in [0, 0.1) is 11.6 Å². The van der Waals surface area contributed by atoms with Crippen LogP contribution in [0.15, 0.2) is 47.5 Å². The zero-order valence-electron chi connectivity index (χ0n) is 19.6. The van der Waals surface area contributed by atoms with E-state index in [9.17, 15) is 13.6 Å². The molecule has 0 saturated heterocycles. The van der Waals surface area contributed by atoms with E-state index in [0.717, 1.165) is 24.9 Å². The summed E-state index contributed by atoms with van der Waals surface area (Å²) in [5, 5.41) is 18.9. The Kier molecular flexibility index (Phi) is 6.29. The Bertz CT molecular complexity index is 1400. The van der Waals surface area contributed by atoms with Crippen LogP contribution in [0.4, 0.5) is 14.5 Å². The summed E-state index contributed by atoms with van der Waals surface area (Å²) in [6, 6.07) is 8.71. The van der Waals surface area contributed by atoms with Gasteiger partial charge in [0.2, 0.25) is 0 Å². The van der Waals surface area contributed by atoms with Crippen LogP contribution < -0.4 is 16.2 Å². The summed E-state index contributed by atoms with van der Waals surface area (Å²) in [4.78, 5) is 17.1. The number of hydrogen-bond acceptors (Lipinski definition) is 6. The second-order valence-corrected chi connectivity index (χ2v) is 9.12. The van der Waals surface area contributed by atoms with Gasteiger partial charge in [0, 0.05) is 23.7 Å². The molecular weight excluding hydrogens is 452 g/mol. The quantitative estimate of drug-likeness (QED) is 0.332. The summed E-state index contributed by atoms with van der Waals surface area (Å²) in [6.07, 6.45) is 3.38. The molecule has 0 aliphatic carbocycles. The van der Waals surface area contributed by atoms with Gasteiger partial charge < -0.3 is 10.6 Å². The number of nitrogens with one attached hydrogen (secondary N) is 3. The van der Waals surface area contributed by atoms with Crippen molar-refractivity contribution in [3.8, 4) is 0 Å². The summed E-state index contributed by atoms with van der Waals surface area (Å²) < 4.78 is 30.0. The number of hydrogen-bond donors (Lipinski definition) is 3. The summed E-state index contributed by atoms with van der Waals surface area (Å²) in [6.45, 7) is 5.79. The standard InChI is InChI=1S/C25H27F2N7O/c1-14(2)28-9-3-4-10-34-24(29-13-30-34)21-22(15-5-7-16(26)8-6-15)31-19-12-17(27)11-18-20(19)23(21)32-33-25(18)35/h5-8,11-14,21-22,28,31H,3-4,9-10H2,1-2H3,(H,33,35)/t21-,22-/m1/s1. The Morgan fingerprint density at radius 3 is 2.69 bits per heavy atom. The van der Waals surface area contributed by atoms with Gasteiger partial charge >= 0.3 is 0 Å². The van der Waals surface area contributed by atoms with E-state index >= 15 is 0 Å². The van der Waals surface area contributed by atoms with Crippen LogP contribution in [0.5, 0.6) is 0 Å². The van der Waals surface area contributed by atoms with E-state index in [-0.39, 0.29) is 11.2 Å². The number of unbranched alkanes of at least 4 members (excludes halogenated alkanes) is 1. The van der Waals surface area contributed by atoms with Crippen LogP contribution in [0.25, 0.3) is 10.8 Å². The fourth-order valence-electron chi connectivity index (χ4n) is 4.72. The smallest absolute Gasteiger partial charge is 0.272 e. The van der Waals surface area contributed by atoms with Gasteiger partial charge in [-0.25, -0.2) is 23.5 Å². The van der Waals surface area contributed by atoms with Crippen LogP contribution in [-0.4, -0.2) is 37.5 Å². The molecule has 8 nitrogen and oxygen atoms in total. The molecule has 4 aromatic rings. The lowest BCUT2D eigenvalue weighted by Gasteiger charge is -2.34. The normalized spacial score (nSPS) is 17.2. The molecule has 182 valence electrons. The highest BCUT2D eigenvalue weighted by Gasteiger charge is 2.38. The van der Waals surface area contributed by atoms with E-state index in [1.807, 2.05) is 4.68 Å². The van der Waals surface area contributed by atoms with Crippen LogP contribution in [0.1, 0.15) is 55.7 Å². The van der Waals surface area contributed by atoms with Crippen molar-refractivity contribution in [3.05, 3.63) is 81.8 Å². The third-order valence-electron chi connectivity index (χ3n) is 6.32. The van der Waals surface area contributed by atoms with Gasteiger partial charge in [0.15, 0.2) is 0 Å². The molecule has 0 radical (unpaired) electrons. The van der Waals surface area contributed by atoms with Crippen LogP contribution in [0.3, 0.4) is 0 Å². The van der Waals surface area contributed by atoms with Crippen molar-refractivity contribution in [2.45, 2.75) is 51.2 Å². The molecule has 0 amide bonds. The van der Waals surface area contributed by atoms with Gasteiger partial charge in [-0.3, -0.25) is 4.79 Å². The highest BCUT2D eigenvalue weighted by Crippen LogP contribution is 2.46. The molecule has 0 fully saturated rings. The van der Waals surface area contributed by atoms with E-state index < -0.39 is 23.3 Å². The van der Waals surface area contributed by atoms with Crippen molar-refractivity contribution in [2.24, 2.45) is 0 Å². The topological polar surface area (TPSA) is 101 Å². The molecule has 10 heteroatoms. The van der Waals surface area contributed by atoms with Crippen molar-refractivity contribution < 1.29 is 8.78 Å². The van der Waals surface area contributed by atoms with Gasteiger partial charge in [-0.1, -0.05) is 26.0 Å². The van der Waals surface area contributed by atoms with Gasteiger partial charge in [0.25, 0.3) is 5.56 Å². The molecule has 5 rings (SSSR count). The van der Waals surface area contributed by atoms with Gasteiger partial charge in [0.1, 0.15) is 23.8 Å². The van der Waals surface area contributed by atoms with Crippen molar-refractivity contribution in [3.63, 3.8) is 0 Å². The predicted octanol–water partition coefficient (Wildman–Crippen LogP) is 3.87. The average Bonchev–Trinajstić information content (AvgIpc) is 3.28. The highest BCUT2D eigenvalue weighted by atomic mass is 19.1. The van der Waals surface area contributed by atoms with E-state index in [0.29, 0.717) is 35.2 Å². The molecule has 2 atom stereocenters. The maximum absolute atomic E-state index is 14.4. The van der Waals surface area contributed by atoms with Crippen LogP contribution >= 0.6 is 0 Å². The number of aromatic nitrogens is 5. The van der Waals surface area contributed by atoms with E-state index in [4.69, 9.17) is 0 Å². The van der Waals surface area contributed by atoms with Gasteiger partial charge in [-0.05, 0) is 49.2 Å². The summed E-state index contributed by atoms with van der Waals surface area (Å²) >= 11 is 0. The molecule has 0 unspecified atom stereocenters. The minimum atomic E-state index is -0.530. The second-order valence-electron chi connectivity index (χ2n) is 9.12. The zero-order valence-corrected chi connectivity index (χ0v) is 19.6. The Hall–Kier alpha value is -3.66. The average molecular weight is 480 g/mol. The number of benzene rings is 2. The minimum absolute atomic E-state index is 0.214. The number of nitrogens with zero attached hydrogens (tertiary/aromatic N) is 4. The van der Waals surface area contributed by atoms with Gasteiger partial charge in [-0.2, -0.15) is 10.2 Å². The fraction of sp³-hybridized carbons (Fsp3) is 0.360. The first-order valence-corrected chi connectivity index (χ1v) is 11.8. The van der Waals surface area contributed by atoms with Gasteiger partial charge in [-0.15, -0.1) is 0 Å². The highest BCUT2D eigenvalue weighted by molar-refractivity contribution is 5.97. The fourth-order valence-corrected chi connectivity index (χ4v) is 4.72. The molecule has 2 aromatic carbocycles. The predicted molar refractivity (Wildman–Crippen MR) is 129 cm³/mol. The first-order valence-electron chi connectivity index (χ1n) is 11.8. The maximum atomic E-state index is 14.4. The number of halogens is 2. The van der Waals surface area contributed by atoms with Crippen molar-refractivity contribution in [2.75, 3.05) is 11.9 Å². The van der Waals surface area contributed by atoms with E-state index in [1.165, 1.54) is 30.6 Å². The Labute approximate surface area is 200 Å². The van der Waals surface area contributed by atoms with E-state index in [2.05, 4.69) is 44.8 Å². The third kappa shape index (κ3) is 4.53. The molecule has 2 aromatic heterocycles. The number of aryl methyl sites for hydroxylation is 1. The first-order chi connectivity index (χ1) is 16.9. The summed E-state index contributed by atoms with van der Waals surface area (Å²) in [5.74, 6) is -0.666. The molecule has 3 N–H and O–H groups in total. The molecule has 1 aliphatic heterocycles. The van der Waals surface area contributed by atoms with Crippen LogP contribution in [-0.2, 0) is 6.54 Å². The van der Waals surface area contributed by atoms with E-state index in [1.54, 1.807) is 12.1 Å². The zero-order chi connectivity index (χ0) is 24.5. The maximum Gasteiger partial charge on any atom is 0.272 e. The molecule has 0 spiro atoms. The van der Waals surface area contributed by atoms with Crippen molar-refractivity contribution in [1.29, 1.82) is 0 Å². The van der Waals surface area contributed by atoms with Crippen LogP contribution in [0.2, 0.25) is 0 Å². The largest absolute Gasteiger partial charge is 0.376 e. The SMILES string of the molecule is CC(C)NCCCCn1ncnc1[C@H]1c2n[nH]c(=O)c3cc(F)cc(c23)N[C@@H]1c1ccc(F)cc1. The second kappa shape index (κ2) is 9.53. The molecular formula is C25H27F2N7O. The minimum Gasteiger partial charge on any atom is -0.376 e. The summed E-state index contributed by atoms with van der Waals surface area (Å²) in [5.41, 5.74) is 1.34. The monoisotopic (exact) mass is 479 g/mol. The number of anilines is 1. The molecule has 1 aliphatic rings. The lowest BCUT2D eigenvalue weighted by molar-refractivity contribution is 0.479. The van der Waals surface area contributed by atoms with Crippen molar-refractivity contribution in [1.82, 2.24) is 30.3 Å². The van der Waals surface area contributed by atoms with Crippen molar-refractivity contribution >= 4 is 16.5 Å². The Morgan fingerprint density at radius 1 is 1.11 bits per heavy atom. The molecule has 0 bridgehead atoms. The Balaban J connectivity index is 1.58. The number of aromatic amines is 1.